The highest BCUT2D eigenvalue weighted by Crippen LogP contribution is 2.21. The van der Waals surface area contributed by atoms with Crippen LogP contribution in [0.3, 0.4) is 0 Å². The van der Waals surface area contributed by atoms with E-state index in [1.54, 1.807) is 46.4 Å². The number of rotatable bonds is 15. The van der Waals surface area contributed by atoms with Crippen molar-refractivity contribution in [1.29, 1.82) is 5.41 Å². The maximum Gasteiger partial charge on any atom is 0.246 e. The average Bonchev–Trinajstić information content (AvgIpc) is 2.97. The number of nitrogens with one attached hydrogen (secondary N) is 5. The zero-order chi connectivity index (χ0) is 31.1. The molecule has 2 aromatic rings. The number of hydrogen-bond donors (Lipinski definition) is 5. The summed E-state index contributed by atoms with van der Waals surface area (Å²) in [5.74, 6) is 7.49. The van der Waals surface area contributed by atoms with E-state index < -0.39 is 6.04 Å². The third-order valence-corrected chi connectivity index (χ3v) is 6.16. The molecule has 0 spiro atoms. The number of likely N-dealkylation sites (N-methyl/N-ethyl adjacent to an activating group) is 2. The maximum absolute atomic E-state index is 12.5. The summed E-state index contributed by atoms with van der Waals surface area (Å²) in [4.78, 5) is 41.5. The van der Waals surface area contributed by atoms with Gasteiger partial charge in [0.15, 0.2) is 0 Å². The number of unbranched alkanes of at least 4 members (excludes halogenated alkanes) is 1. The van der Waals surface area contributed by atoms with Gasteiger partial charge < -0.3 is 36.5 Å². The molecule has 1 atom stereocenters. The lowest BCUT2D eigenvalue weighted by molar-refractivity contribution is -0.135. The van der Waals surface area contributed by atoms with Gasteiger partial charge in [0, 0.05) is 57.5 Å². The summed E-state index contributed by atoms with van der Waals surface area (Å²) in [6, 6.07) is 1.25. The largest absolute Gasteiger partial charge is 0.373 e. The van der Waals surface area contributed by atoms with Gasteiger partial charge in [-0.15, -0.1) is 0 Å². The van der Waals surface area contributed by atoms with Crippen LogP contribution in [0.15, 0.2) is 30.6 Å². The summed E-state index contributed by atoms with van der Waals surface area (Å²) in [5, 5.41) is 20.3. The van der Waals surface area contributed by atoms with E-state index in [1.165, 1.54) is 11.0 Å². The van der Waals surface area contributed by atoms with Crippen molar-refractivity contribution in [2.75, 3.05) is 63.8 Å². The number of hydrogen-bond acceptors (Lipinski definition) is 10. The zero-order valence-corrected chi connectivity index (χ0v) is 25.8. The first kappa shape index (κ1) is 33.7. The number of pyridine rings is 1. The van der Waals surface area contributed by atoms with Gasteiger partial charge in [-0.25, -0.2) is 9.97 Å². The topological polar surface area (TPSA) is 151 Å². The summed E-state index contributed by atoms with van der Waals surface area (Å²) < 4.78 is 0. The predicted molar refractivity (Wildman–Crippen MR) is 169 cm³/mol. The molecule has 2 heterocycles. The van der Waals surface area contributed by atoms with Crippen molar-refractivity contribution >= 4 is 40.8 Å². The summed E-state index contributed by atoms with van der Waals surface area (Å²) in [5.41, 5.74) is 2.43. The second kappa shape index (κ2) is 17.3. The number of carbonyl (C=O) groups is 2. The first-order valence-corrected chi connectivity index (χ1v) is 14.0. The van der Waals surface area contributed by atoms with Crippen molar-refractivity contribution in [2.45, 2.75) is 46.1 Å². The van der Waals surface area contributed by atoms with E-state index in [0.717, 1.165) is 13.0 Å². The minimum absolute atomic E-state index is 0.207. The van der Waals surface area contributed by atoms with Gasteiger partial charge >= 0.3 is 0 Å². The van der Waals surface area contributed by atoms with Crippen LogP contribution in [0, 0.1) is 17.3 Å². The fourth-order valence-electron chi connectivity index (χ4n) is 3.60. The van der Waals surface area contributed by atoms with Crippen molar-refractivity contribution in [3.8, 4) is 11.8 Å². The molecular formula is C30H44N10O2. The quantitative estimate of drug-likeness (QED) is 0.0932. The molecule has 0 aliphatic heterocycles. The summed E-state index contributed by atoms with van der Waals surface area (Å²) in [6.45, 7) is 7.32. The van der Waals surface area contributed by atoms with Crippen LogP contribution in [0.1, 0.15) is 51.2 Å². The van der Waals surface area contributed by atoms with E-state index in [9.17, 15) is 9.59 Å². The molecule has 2 rings (SSSR count). The van der Waals surface area contributed by atoms with Crippen LogP contribution in [0.25, 0.3) is 0 Å². The summed E-state index contributed by atoms with van der Waals surface area (Å²) in [6.07, 6.45) is 8.74. The second-order valence-electron chi connectivity index (χ2n) is 9.99. The van der Waals surface area contributed by atoms with Gasteiger partial charge in [-0.05, 0) is 46.9 Å². The van der Waals surface area contributed by atoms with Crippen LogP contribution in [0.5, 0.6) is 0 Å². The molecule has 12 nitrogen and oxygen atoms in total. The van der Waals surface area contributed by atoms with Gasteiger partial charge in [0.05, 0.1) is 23.6 Å². The first-order valence-electron chi connectivity index (χ1n) is 14.0. The highest BCUT2D eigenvalue weighted by molar-refractivity contribution is 6.01. The molecule has 42 heavy (non-hydrogen) atoms. The highest BCUT2D eigenvalue weighted by Gasteiger charge is 2.20. The van der Waals surface area contributed by atoms with Crippen LogP contribution in [0.4, 0.5) is 23.3 Å². The third kappa shape index (κ3) is 10.8. The van der Waals surface area contributed by atoms with Gasteiger partial charge in [-0.2, -0.15) is 4.98 Å². The number of amides is 2. The standard InChI is InChI=1S/C30H44N10O2/c1-8-15-33-27-23(19-36-30(38-27)37-24-18-25(21(2)31)28(32-4)35-20-24)13-10-9-11-16-34-29(42)22(3)40(7)26(41)14-12-17-39(5)6/h12,14,18-20,22,31H,8-9,11,15-17H2,1-7H3,(H,32,35)(H,34,42)(H2,33,36,37,38)/b14-12+,31-21?/t22-/m0/s1. The van der Waals surface area contributed by atoms with Gasteiger partial charge in [0.25, 0.3) is 0 Å². The molecule has 2 aromatic heterocycles. The number of nitrogens with zero attached hydrogens (tertiary/aromatic N) is 5. The molecule has 12 heteroatoms. The van der Waals surface area contributed by atoms with Gasteiger partial charge in [0.2, 0.25) is 17.8 Å². The smallest absolute Gasteiger partial charge is 0.246 e. The Labute approximate surface area is 249 Å². The zero-order valence-electron chi connectivity index (χ0n) is 25.8. The first-order chi connectivity index (χ1) is 20.1. The molecule has 2 amide bonds. The Balaban J connectivity index is 1.96. The molecule has 0 saturated heterocycles. The minimum Gasteiger partial charge on any atom is -0.373 e. The minimum atomic E-state index is -0.582. The van der Waals surface area contributed by atoms with Crippen molar-refractivity contribution in [3.05, 3.63) is 41.7 Å². The van der Waals surface area contributed by atoms with Crippen LogP contribution < -0.4 is 21.3 Å². The van der Waals surface area contributed by atoms with Crippen LogP contribution >= 0.6 is 0 Å². The second-order valence-corrected chi connectivity index (χ2v) is 9.99. The third-order valence-electron chi connectivity index (χ3n) is 6.16. The molecule has 0 saturated carbocycles. The number of carbonyl (C=O) groups excluding carboxylic acids is 2. The number of anilines is 4. The molecular weight excluding hydrogens is 532 g/mol. The Kier molecular flexibility index (Phi) is 13.9. The predicted octanol–water partition coefficient (Wildman–Crippen LogP) is 3.08. The van der Waals surface area contributed by atoms with Gasteiger partial charge in [-0.3, -0.25) is 9.59 Å². The molecule has 0 aliphatic rings. The Morgan fingerprint density at radius 3 is 2.57 bits per heavy atom. The summed E-state index contributed by atoms with van der Waals surface area (Å²) >= 11 is 0. The van der Waals surface area contributed by atoms with Crippen molar-refractivity contribution < 1.29 is 9.59 Å². The average molecular weight is 577 g/mol. The van der Waals surface area contributed by atoms with E-state index in [4.69, 9.17) is 5.41 Å². The Hall–Kier alpha value is -4.50. The lowest BCUT2D eigenvalue weighted by atomic mass is 10.1. The molecule has 0 fully saturated rings. The molecule has 0 aromatic carbocycles. The van der Waals surface area contributed by atoms with Crippen LogP contribution in [-0.2, 0) is 9.59 Å². The van der Waals surface area contributed by atoms with Crippen LogP contribution in [0.2, 0.25) is 0 Å². The fraction of sp³-hybridized carbons (Fsp3) is 0.467. The monoisotopic (exact) mass is 576 g/mol. The van der Waals surface area contributed by atoms with E-state index >= 15 is 0 Å². The normalized spacial score (nSPS) is 11.4. The fourth-order valence-corrected chi connectivity index (χ4v) is 3.60. The number of aromatic nitrogens is 3. The summed E-state index contributed by atoms with van der Waals surface area (Å²) in [7, 11) is 7.23. The lowest BCUT2D eigenvalue weighted by Crippen LogP contribution is -2.45. The van der Waals surface area contributed by atoms with Crippen molar-refractivity contribution in [2.24, 2.45) is 0 Å². The lowest BCUT2D eigenvalue weighted by Gasteiger charge is -2.23. The highest BCUT2D eigenvalue weighted by atomic mass is 16.2. The van der Waals surface area contributed by atoms with E-state index in [1.807, 2.05) is 25.1 Å². The van der Waals surface area contributed by atoms with Crippen molar-refractivity contribution in [3.63, 3.8) is 0 Å². The molecule has 5 N–H and O–H groups in total. The molecule has 0 bridgehead atoms. The van der Waals surface area contributed by atoms with E-state index in [-0.39, 0.29) is 11.8 Å². The molecule has 0 radical (unpaired) electrons. The molecule has 226 valence electrons. The maximum atomic E-state index is 12.5. The SMILES string of the molecule is CCCNc1nc(Nc2cnc(NC)c(C(C)=N)c2)ncc1C#CCCCNC(=O)[C@H](C)N(C)C(=O)/C=C/CN(C)C. The Morgan fingerprint density at radius 1 is 1.14 bits per heavy atom. The van der Waals surface area contributed by atoms with Crippen molar-refractivity contribution in [1.82, 2.24) is 30.1 Å². The Bertz CT molecular complexity index is 1310. The van der Waals surface area contributed by atoms with E-state index in [0.29, 0.717) is 66.0 Å². The van der Waals surface area contributed by atoms with E-state index in [2.05, 4.69) is 55.0 Å². The van der Waals surface area contributed by atoms with Crippen LogP contribution in [-0.4, -0.2) is 96.1 Å². The van der Waals surface area contributed by atoms with Gasteiger partial charge in [-0.1, -0.05) is 24.8 Å². The van der Waals surface area contributed by atoms with Gasteiger partial charge in [0.1, 0.15) is 17.7 Å². The molecule has 0 unspecified atom stereocenters. The Morgan fingerprint density at radius 2 is 1.90 bits per heavy atom. The molecule has 0 aliphatic carbocycles.